The Bertz CT molecular complexity index is 1030. The van der Waals surface area contributed by atoms with Crippen molar-refractivity contribution in [3.63, 3.8) is 0 Å². The number of carbonyl (C=O) groups is 2. The number of aromatic nitrogens is 2. The predicted molar refractivity (Wildman–Crippen MR) is 115 cm³/mol. The minimum absolute atomic E-state index is 0.0686. The Hall–Kier alpha value is -3.54. The number of carbonyl (C=O) groups excluding carboxylic acids is 2. The lowest BCUT2D eigenvalue weighted by atomic mass is 9.95. The molecule has 2 heterocycles. The highest BCUT2D eigenvalue weighted by Crippen LogP contribution is 2.27. The number of anilines is 1. The summed E-state index contributed by atoms with van der Waals surface area (Å²) in [6, 6.07) is 18.7. The molecular formula is C24H24N4O2. The summed E-state index contributed by atoms with van der Waals surface area (Å²) in [5.41, 5.74) is 2.59. The third-order valence-corrected chi connectivity index (χ3v) is 5.44. The van der Waals surface area contributed by atoms with Gasteiger partial charge >= 0.3 is 0 Å². The van der Waals surface area contributed by atoms with Crippen LogP contribution in [0.3, 0.4) is 0 Å². The van der Waals surface area contributed by atoms with E-state index in [1.807, 2.05) is 72.5 Å². The zero-order chi connectivity index (χ0) is 20.9. The first-order valence-electron chi connectivity index (χ1n) is 10.2. The second kappa shape index (κ2) is 8.86. The predicted octanol–water partition coefficient (Wildman–Crippen LogP) is 4.06. The molecule has 3 aromatic rings. The van der Waals surface area contributed by atoms with E-state index < -0.39 is 0 Å². The number of nitrogens with zero attached hydrogens (tertiary/aromatic N) is 3. The van der Waals surface area contributed by atoms with Gasteiger partial charge in [0.05, 0.1) is 11.3 Å². The largest absolute Gasteiger partial charge is 0.339 e. The molecule has 0 saturated carbocycles. The summed E-state index contributed by atoms with van der Waals surface area (Å²) in [5, 5.41) is 2.87. The molecule has 30 heavy (non-hydrogen) atoms. The van der Waals surface area contributed by atoms with Crippen LogP contribution in [0, 0.1) is 6.92 Å². The smallest absolute Gasteiger partial charge is 0.259 e. The summed E-state index contributed by atoms with van der Waals surface area (Å²) in [5.74, 6) is 0.790. The Morgan fingerprint density at radius 1 is 0.967 bits per heavy atom. The molecule has 1 aliphatic heterocycles. The van der Waals surface area contributed by atoms with Crippen molar-refractivity contribution in [1.82, 2.24) is 14.9 Å². The van der Waals surface area contributed by atoms with Crippen LogP contribution in [-0.2, 0) is 0 Å². The molecule has 6 heteroatoms. The number of benzene rings is 2. The van der Waals surface area contributed by atoms with E-state index >= 15 is 0 Å². The number of likely N-dealkylation sites (tertiary alicyclic amines) is 1. The molecule has 0 bridgehead atoms. The molecule has 2 amide bonds. The van der Waals surface area contributed by atoms with Crippen LogP contribution in [0.5, 0.6) is 0 Å². The van der Waals surface area contributed by atoms with Crippen LogP contribution in [0.1, 0.15) is 51.0 Å². The van der Waals surface area contributed by atoms with Crippen molar-refractivity contribution < 1.29 is 9.59 Å². The molecule has 1 N–H and O–H groups in total. The Kier molecular flexibility index (Phi) is 5.84. The van der Waals surface area contributed by atoms with Gasteiger partial charge in [-0.15, -0.1) is 0 Å². The number of rotatable bonds is 4. The number of nitrogens with one attached hydrogen (secondary N) is 1. The summed E-state index contributed by atoms with van der Waals surface area (Å²) < 4.78 is 0. The second-order valence-corrected chi connectivity index (χ2v) is 7.48. The van der Waals surface area contributed by atoms with Gasteiger partial charge in [0.15, 0.2) is 0 Å². The molecular weight excluding hydrogens is 376 g/mol. The summed E-state index contributed by atoms with van der Waals surface area (Å²) >= 11 is 0. The van der Waals surface area contributed by atoms with Gasteiger partial charge in [-0.3, -0.25) is 9.59 Å². The van der Waals surface area contributed by atoms with Crippen LogP contribution < -0.4 is 5.32 Å². The minimum Gasteiger partial charge on any atom is -0.339 e. The van der Waals surface area contributed by atoms with Crippen molar-refractivity contribution in [2.75, 3.05) is 18.4 Å². The highest BCUT2D eigenvalue weighted by molar-refractivity contribution is 6.04. The molecule has 1 fully saturated rings. The van der Waals surface area contributed by atoms with Crippen molar-refractivity contribution in [1.29, 1.82) is 0 Å². The normalized spacial score (nSPS) is 14.4. The van der Waals surface area contributed by atoms with Gasteiger partial charge in [0, 0.05) is 36.5 Å². The van der Waals surface area contributed by atoms with E-state index in [4.69, 9.17) is 0 Å². The van der Waals surface area contributed by atoms with E-state index in [0.717, 1.165) is 29.9 Å². The van der Waals surface area contributed by atoms with Gasteiger partial charge in [-0.05, 0) is 44.0 Å². The summed E-state index contributed by atoms with van der Waals surface area (Å²) in [4.78, 5) is 36.1. The van der Waals surface area contributed by atoms with Crippen LogP contribution in [0.15, 0.2) is 66.9 Å². The van der Waals surface area contributed by atoms with Gasteiger partial charge in [-0.1, -0.05) is 36.4 Å². The first-order chi connectivity index (χ1) is 14.6. The highest BCUT2D eigenvalue weighted by atomic mass is 16.2. The standard InChI is InChI=1S/C24H24N4O2/c1-17-21(23(29)27-20-10-6-3-7-11-20)16-25-22(26-17)18-12-14-28(15-13-18)24(30)19-8-4-2-5-9-19/h2-11,16,18H,12-15H2,1H3,(H,27,29). The van der Waals surface area contributed by atoms with E-state index in [1.165, 1.54) is 0 Å². The molecule has 4 rings (SSSR count). The van der Waals surface area contributed by atoms with Crippen molar-refractivity contribution in [3.05, 3.63) is 89.5 Å². The Morgan fingerprint density at radius 3 is 2.23 bits per heavy atom. The van der Waals surface area contributed by atoms with E-state index in [9.17, 15) is 9.59 Å². The maximum absolute atomic E-state index is 12.6. The number of piperidine rings is 1. The highest BCUT2D eigenvalue weighted by Gasteiger charge is 2.26. The lowest BCUT2D eigenvalue weighted by molar-refractivity contribution is 0.0710. The summed E-state index contributed by atoms with van der Waals surface area (Å²) in [6.07, 6.45) is 3.23. The maximum Gasteiger partial charge on any atom is 0.259 e. The Balaban J connectivity index is 1.39. The fraction of sp³-hybridized carbons (Fsp3) is 0.250. The maximum atomic E-state index is 12.6. The lowest BCUT2D eigenvalue weighted by Crippen LogP contribution is -2.38. The zero-order valence-corrected chi connectivity index (χ0v) is 16.9. The number of aryl methyl sites for hydroxylation is 1. The number of amides is 2. The van der Waals surface area contributed by atoms with E-state index in [0.29, 0.717) is 24.3 Å². The van der Waals surface area contributed by atoms with Crippen LogP contribution >= 0.6 is 0 Å². The fourth-order valence-corrected chi connectivity index (χ4v) is 3.73. The molecule has 1 aromatic heterocycles. The molecule has 2 aromatic carbocycles. The van der Waals surface area contributed by atoms with Gasteiger partial charge in [0.2, 0.25) is 0 Å². The summed E-state index contributed by atoms with van der Waals surface area (Å²) in [7, 11) is 0. The molecule has 0 spiro atoms. The average molecular weight is 400 g/mol. The zero-order valence-electron chi connectivity index (χ0n) is 16.9. The fourth-order valence-electron chi connectivity index (χ4n) is 3.73. The first kappa shape index (κ1) is 19.8. The number of hydrogen-bond donors (Lipinski definition) is 1. The second-order valence-electron chi connectivity index (χ2n) is 7.48. The monoisotopic (exact) mass is 400 g/mol. The van der Waals surface area contributed by atoms with E-state index in [-0.39, 0.29) is 17.7 Å². The summed E-state index contributed by atoms with van der Waals surface area (Å²) in [6.45, 7) is 3.19. The topological polar surface area (TPSA) is 75.2 Å². The van der Waals surface area contributed by atoms with Gasteiger partial charge in [-0.25, -0.2) is 9.97 Å². The number of para-hydroxylation sites is 1. The van der Waals surface area contributed by atoms with Crippen molar-refractivity contribution in [3.8, 4) is 0 Å². The van der Waals surface area contributed by atoms with Gasteiger partial charge in [0.25, 0.3) is 11.8 Å². The van der Waals surface area contributed by atoms with Crippen molar-refractivity contribution in [2.45, 2.75) is 25.7 Å². The number of hydrogen-bond acceptors (Lipinski definition) is 4. The molecule has 6 nitrogen and oxygen atoms in total. The molecule has 0 unspecified atom stereocenters. The van der Waals surface area contributed by atoms with Crippen LogP contribution in [0.4, 0.5) is 5.69 Å². The van der Waals surface area contributed by atoms with Crippen molar-refractivity contribution in [2.24, 2.45) is 0 Å². The third kappa shape index (κ3) is 4.38. The van der Waals surface area contributed by atoms with Gasteiger partial charge in [0.1, 0.15) is 5.82 Å². The van der Waals surface area contributed by atoms with Crippen LogP contribution in [-0.4, -0.2) is 39.8 Å². The first-order valence-corrected chi connectivity index (χ1v) is 10.2. The molecule has 1 aliphatic rings. The van der Waals surface area contributed by atoms with Crippen LogP contribution in [0.2, 0.25) is 0 Å². The molecule has 0 atom stereocenters. The quantitative estimate of drug-likeness (QED) is 0.717. The molecule has 0 radical (unpaired) electrons. The Morgan fingerprint density at radius 2 is 1.60 bits per heavy atom. The molecule has 1 saturated heterocycles. The molecule has 0 aliphatic carbocycles. The minimum atomic E-state index is -0.214. The van der Waals surface area contributed by atoms with Crippen molar-refractivity contribution >= 4 is 17.5 Å². The van der Waals surface area contributed by atoms with Crippen LogP contribution in [0.25, 0.3) is 0 Å². The molecule has 152 valence electrons. The van der Waals surface area contributed by atoms with E-state index in [1.54, 1.807) is 6.20 Å². The average Bonchev–Trinajstić information content (AvgIpc) is 2.80. The third-order valence-electron chi connectivity index (χ3n) is 5.44. The van der Waals surface area contributed by atoms with Gasteiger partial charge in [-0.2, -0.15) is 0 Å². The Labute approximate surface area is 176 Å². The SMILES string of the molecule is Cc1nc(C2CCN(C(=O)c3ccccc3)CC2)ncc1C(=O)Nc1ccccc1. The van der Waals surface area contributed by atoms with E-state index in [2.05, 4.69) is 15.3 Å². The van der Waals surface area contributed by atoms with Gasteiger partial charge < -0.3 is 10.2 Å². The lowest BCUT2D eigenvalue weighted by Gasteiger charge is -2.31.